The number of nitrogens with zero attached hydrogens (tertiary/aromatic N) is 1. The lowest BCUT2D eigenvalue weighted by Gasteiger charge is -2.25. The third-order valence-corrected chi connectivity index (χ3v) is 4.92. The summed E-state index contributed by atoms with van der Waals surface area (Å²) >= 11 is 0. The van der Waals surface area contributed by atoms with Crippen LogP contribution >= 0.6 is 0 Å². The van der Waals surface area contributed by atoms with Crippen molar-refractivity contribution in [3.63, 3.8) is 0 Å². The van der Waals surface area contributed by atoms with E-state index < -0.39 is 0 Å². The summed E-state index contributed by atoms with van der Waals surface area (Å²) in [5.74, 6) is 0.575. The Morgan fingerprint density at radius 3 is 2.31 bits per heavy atom. The Hall–Kier alpha value is -2.86. The van der Waals surface area contributed by atoms with Crippen LogP contribution in [0.5, 0.6) is 5.75 Å². The third kappa shape index (κ3) is 6.91. The number of anilines is 1. The third-order valence-electron chi connectivity index (χ3n) is 4.92. The van der Waals surface area contributed by atoms with E-state index in [0.717, 1.165) is 27.5 Å². The van der Waals surface area contributed by atoms with E-state index in [2.05, 4.69) is 5.32 Å². The largest absolute Gasteiger partial charge is 0.494 e. The van der Waals surface area contributed by atoms with Gasteiger partial charge in [0, 0.05) is 18.3 Å². The fourth-order valence-electron chi connectivity index (χ4n) is 3.02. The highest BCUT2D eigenvalue weighted by Crippen LogP contribution is 2.11. The van der Waals surface area contributed by atoms with Crippen LogP contribution in [0.3, 0.4) is 0 Å². The van der Waals surface area contributed by atoms with Crippen LogP contribution in [-0.2, 0) is 16.1 Å². The van der Waals surface area contributed by atoms with Gasteiger partial charge in [-0.1, -0.05) is 17.7 Å². The van der Waals surface area contributed by atoms with Crippen molar-refractivity contribution in [3.05, 3.63) is 59.7 Å². The molecule has 0 aliphatic carbocycles. The van der Waals surface area contributed by atoms with Crippen molar-refractivity contribution in [2.45, 2.75) is 33.4 Å². The smallest absolute Gasteiger partial charge is 0.280 e. The molecule has 2 amide bonds. The first-order valence-electron chi connectivity index (χ1n) is 9.95. The molecule has 0 saturated heterocycles. The van der Waals surface area contributed by atoms with Gasteiger partial charge in [0.2, 0.25) is 5.91 Å². The molecule has 2 atom stereocenters. The molecular weight excluding hydrogens is 366 g/mol. The first kappa shape index (κ1) is 22.4. The SMILES string of the molecule is CCOc1ccc(C[NH+](C)[C@@H](C)C(=O)N(C)CC(=O)Nc2ccc(C)cc2)cc1. The van der Waals surface area contributed by atoms with E-state index in [9.17, 15) is 9.59 Å². The molecule has 6 heteroatoms. The van der Waals surface area contributed by atoms with Gasteiger partial charge in [0.25, 0.3) is 5.91 Å². The Kier molecular flexibility index (Phi) is 8.21. The van der Waals surface area contributed by atoms with Crippen LogP contribution in [0.15, 0.2) is 48.5 Å². The highest BCUT2D eigenvalue weighted by Gasteiger charge is 2.26. The van der Waals surface area contributed by atoms with Crippen molar-refractivity contribution >= 4 is 17.5 Å². The van der Waals surface area contributed by atoms with Crippen LogP contribution in [0.1, 0.15) is 25.0 Å². The predicted octanol–water partition coefficient (Wildman–Crippen LogP) is 1.89. The topological polar surface area (TPSA) is 63.1 Å². The molecule has 0 heterocycles. The summed E-state index contributed by atoms with van der Waals surface area (Å²) in [7, 11) is 3.65. The average molecular weight is 399 g/mol. The number of hydrogen-bond acceptors (Lipinski definition) is 3. The molecule has 0 fully saturated rings. The Bertz CT molecular complexity index is 803. The van der Waals surface area contributed by atoms with Crippen LogP contribution in [0, 0.1) is 6.92 Å². The maximum atomic E-state index is 12.8. The zero-order valence-electron chi connectivity index (χ0n) is 18.0. The minimum absolute atomic E-state index is 0.0212. The Morgan fingerprint density at radius 2 is 1.72 bits per heavy atom. The molecule has 2 aromatic rings. The Labute approximate surface area is 173 Å². The van der Waals surface area contributed by atoms with Gasteiger partial charge in [-0.3, -0.25) is 9.59 Å². The zero-order chi connectivity index (χ0) is 21.4. The number of nitrogens with one attached hydrogen (secondary N) is 2. The molecule has 1 unspecified atom stereocenters. The number of quaternary nitrogens is 1. The monoisotopic (exact) mass is 398 g/mol. The molecule has 2 aromatic carbocycles. The minimum atomic E-state index is -0.265. The molecule has 6 nitrogen and oxygen atoms in total. The number of amides is 2. The van der Waals surface area contributed by atoms with Gasteiger partial charge in [-0.2, -0.15) is 0 Å². The standard InChI is InChI=1S/C23H31N3O3/c1-6-29-21-13-9-19(10-14-21)15-25(4)18(3)23(28)26(5)16-22(27)24-20-11-7-17(2)8-12-20/h7-14,18H,6,15-16H2,1-5H3,(H,24,27)/p+1/t18-/m0/s1. The number of carbonyl (C=O) groups excluding carboxylic acids is 2. The molecule has 0 spiro atoms. The summed E-state index contributed by atoms with van der Waals surface area (Å²) in [6.45, 7) is 7.21. The minimum Gasteiger partial charge on any atom is -0.494 e. The van der Waals surface area contributed by atoms with Gasteiger partial charge in [-0.15, -0.1) is 0 Å². The Balaban J connectivity index is 1.86. The van der Waals surface area contributed by atoms with Gasteiger partial charge in [0.1, 0.15) is 12.3 Å². The molecular formula is C23H32N3O3+. The lowest BCUT2D eigenvalue weighted by Crippen LogP contribution is -3.12. The summed E-state index contributed by atoms with van der Waals surface area (Å²) in [6, 6.07) is 15.2. The van der Waals surface area contributed by atoms with E-state index in [4.69, 9.17) is 4.74 Å². The fourth-order valence-corrected chi connectivity index (χ4v) is 3.02. The highest BCUT2D eigenvalue weighted by molar-refractivity contribution is 5.94. The van der Waals surface area contributed by atoms with E-state index in [1.54, 1.807) is 7.05 Å². The van der Waals surface area contributed by atoms with Gasteiger partial charge >= 0.3 is 0 Å². The second-order valence-electron chi connectivity index (χ2n) is 7.43. The van der Waals surface area contributed by atoms with E-state index in [1.165, 1.54) is 4.90 Å². The maximum absolute atomic E-state index is 12.8. The van der Waals surface area contributed by atoms with Crippen LogP contribution in [0.25, 0.3) is 0 Å². The summed E-state index contributed by atoms with van der Waals surface area (Å²) in [6.07, 6.45) is 0. The van der Waals surface area contributed by atoms with Crippen LogP contribution < -0.4 is 15.0 Å². The summed E-state index contributed by atoms with van der Waals surface area (Å²) in [5, 5.41) is 2.83. The Morgan fingerprint density at radius 1 is 1.10 bits per heavy atom. The second-order valence-corrected chi connectivity index (χ2v) is 7.43. The van der Waals surface area contributed by atoms with Crippen molar-refractivity contribution in [1.82, 2.24) is 4.90 Å². The average Bonchev–Trinajstić information content (AvgIpc) is 2.70. The molecule has 0 radical (unpaired) electrons. The maximum Gasteiger partial charge on any atom is 0.280 e. The number of hydrogen-bond donors (Lipinski definition) is 2. The molecule has 0 aliphatic rings. The lowest BCUT2D eigenvalue weighted by atomic mass is 10.1. The van der Waals surface area contributed by atoms with Crippen molar-refractivity contribution in [1.29, 1.82) is 0 Å². The number of aryl methyl sites for hydroxylation is 1. The summed E-state index contributed by atoms with van der Waals surface area (Å²) in [5.41, 5.74) is 2.99. The normalized spacial score (nSPS) is 12.7. The molecule has 156 valence electrons. The van der Waals surface area contributed by atoms with Crippen molar-refractivity contribution in [3.8, 4) is 5.75 Å². The van der Waals surface area contributed by atoms with Crippen LogP contribution in [0.4, 0.5) is 5.69 Å². The van der Waals surface area contributed by atoms with Gasteiger partial charge in [-0.05, 0) is 57.2 Å². The summed E-state index contributed by atoms with van der Waals surface area (Å²) in [4.78, 5) is 27.6. The molecule has 29 heavy (non-hydrogen) atoms. The fraction of sp³-hybridized carbons (Fsp3) is 0.391. The molecule has 0 bridgehead atoms. The van der Waals surface area contributed by atoms with E-state index >= 15 is 0 Å². The number of likely N-dealkylation sites (N-methyl/N-ethyl adjacent to an activating group) is 2. The molecule has 0 aliphatic heterocycles. The first-order valence-corrected chi connectivity index (χ1v) is 9.95. The van der Waals surface area contributed by atoms with Gasteiger partial charge in [0.15, 0.2) is 6.04 Å². The number of ether oxygens (including phenoxy) is 1. The first-order chi connectivity index (χ1) is 13.8. The molecule has 0 saturated carbocycles. The number of benzene rings is 2. The second kappa shape index (κ2) is 10.6. The van der Waals surface area contributed by atoms with Gasteiger partial charge in [0.05, 0.1) is 20.2 Å². The van der Waals surface area contributed by atoms with Crippen LogP contribution in [-0.4, -0.2) is 50.0 Å². The van der Waals surface area contributed by atoms with Gasteiger partial charge < -0.3 is 19.9 Å². The number of rotatable bonds is 9. The molecule has 2 rings (SSSR count). The van der Waals surface area contributed by atoms with E-state index in [1.807, 2.05) is 76.3 Å². The van der Waals surface area contributed by atoms with Crippen molar-refractivity contribution in [2.75, 3.05) is 32.6 Å². The highest BCUT2D eigenvalue weighted by atomic mass is 16.5. The quantitative estimate of drug-likeness (QED) is 0.678. The number of carbonyl (C=O) groups is 2. The lowest BCUT2D eigenvalue weighted by molar-refractivity contribution is -0.908. The predicted molar refractivity (Wildman–Crippen MR) is 115 cm³/mol. The van der Waals surface area contributed by atoms with Crippen molar-refractivity contribution in [2.24, 2.45) is 0 Å². The van der Waals surface area contributed by atoms with Crippen molar-refractivity contribution < 1.29 is 19.2 Å². The van der Waals surface area contributed by atoms with Crippen LogP contribution in [0.2, 0.25) is 0 Å². The molecule has 2 N–H and O–H groups in total. The zero-order valence-corrected chi connectivity index (χ0v) is 18.0. The van der Waals surface area contributed by atoms with Gasteiger partial charge in [-0.25, -0.2) is 0 Å². The molecule has 0 aromatic heterocycles. The van der Waals surface area contributed by atoms with E-state index in [0.29, 0.717) is 13.2 Å². The summed E-state index contributed by atoms with van der Waals surface area (Å²) < 4.78 is 5.46. The van der Waals surface area contributed by atoms with E-state index in [-0.39, 0.29) is 24.4 Å².